The number of hydrogen-bond donors (Lipinski definition) is 0. The third-order valence-corrected chi connectivity index (χ3v) is 13.7. The molecule has 202 valence electrons. The molecule has 8 rings (SSSR count). The highest BCUT2D eigenvalue weighted by molar-refractivity contribution is 7.35. The van der Waals surface area contributed by atoms with E-state index in [1.54, 1.807) is 56.7 Å². The van der Waals surface area contributed by atoms with E-state index >= 15 is 0 Å². The van der Waals surface area contributed by atoms with E-state index in [0.29, 0.717) is 0 Å². The molecule has 0 saturated heterocycles. The van der Waals surface area contributed by atoms with Crippen molar-refractivity contribution >= 4 is 96.5 Å². The monoisotopic (exact) mass is 652 g/mol. The maximum Gasteiger partial charge on any atom is 0.416 e. The van der Waals surface area contributed by atoms with Gasteiger partial charge in [0.1, 0.15) is 10.0 Å². The van der Waals surface area contributed by atoms with Gasteiger partial charge in [-0.2, -0.15) is 13.2 Å². The minimum Gasteiger partial charge on any atom is -0.222 e. The molecular formula is C30H15F3N2S6. The van der Waals surface area contributed by atoms with Crippen molar-refractivity contribution in [3.8, 4) is 40.7 Å². The average Bonchev–Trinajstić information content (AvgIpc) is 3.75. The van der Waals surface area contributed by atoms with Gasteiger partial charge in [0, 0.05) is 28.6 Å². The molecule has 41 heavy (non-hydrogen) atoms. The zero-order valence-corrected chi connectivity index (χ0v) is 25.8. The highest BCUT2D eigenvalue weighted by Crippen LogP contribution is 2.47. The van der Waals surface area contributed by atoms with E-state index in [9.17, 15) is 13.2 Å². The Morgan fingerprint density at radius 2 is 0.902 bits per heavy atom. The zero-order chi connectivity index (χ0) is 27.9. The van der Waals surface area contributed by atoms with E-state index in [4.69, 9.17) is 9.97 Å². The number of alkyl halides is 3. The molecule has 0 aliphatic carbocycles. The molecule has 0 amide bonds. The molecule has 2 nitrogen and oxygen atoms in total. The molecule has 0 aliphatic heterocycles. The number of aromatic nitrogens is 2. The van der Waals surface area contributed by atoms with Crippen LogP contribution in [0.5, 0.6) is 0 Å². The van der Waals surface area contributed by atoms with Crippen LogP contribution < -0.4 is 0 Å². The molecule has 0 bridgehead atoms. The normalized spacial score (nSPS) is 12.4. The first-order valence-electron chi connectivity index (χ1n) is 12.4. The molecule has 6 heterocycles. The third-order valence-electron chi connectivity index (χ3n) is 6.64. The third kappa shape index (κ3) is 4.65. The molecule has 0 spiro atoms. The SMILES string of the molecule is Cc1ccc(-c2cc3sc(-c4nc5sc(-c6cc7sc(-c8ccc(C(F)(F)F)cc8)cc7s6)nc5s4)cc3s2)cc1. The lowest BCUT2D eigenvalue weighted by Crippen LogP contribution is -2.03. The Morgan fingerprint density at radius 1 is 0.512 bits per heavy atom. The van der Waals surface area contributed by atoms with Gasteiger partial charge in [-0.25, -0.2) is 9.97 Å². The van der Waals surface area contributed by atoms with Gasteiger partial charge in [-0.3, -0.25) is 0 Å². The average molecular weight is 653 g/mol. The van der Waals surface area contributed by atoms with Gasteiger partial charge in [-0.1, -0.05) is 64.6 Å². The van der Waals surface area contributed by atoms with Gasteiger partial charge < -0.3 is 0 Å². The lowest BCUT2D eigenvalue weighted by molar-refractivity contribution is -0.137. The first-order chi connectivity index (χ1) is 19.8. The number of halogens is 3. The Kier molecular flexibility index (Phi) is 6.00. The fraction of sp³-hybridized carbons (Fsp3) is 0.0667. The summed E-state index contributed by atoms with van der Waals surface area (Å²) in [4.78, 5) is 16.2. The molecule has 6 aromatic heterocycles. The summed E-state index contributed by atoms with van der Waals surface area (Å²) < 4.78 is 43.5. The molecule has 0 unspecified atom stereocenters. The van der Waals surface area contributed by atoms with Crippen molar-refractivity contribution in [1.29, 1.82) is 0 Å². The molecule has 2 aromatic carbocycles. The first-order valence-corrected chi connectivity index (χ1v) is 17.3. The Labute approximate surface area is 255 Å². The summed E-state index contributed by atoms with van der Waals surface area (Å²) in [6.45, 7) is 2.10. The van der Waals surface area contributed by atoms with E-state index in [2.05, 4.69) is 55.5 Å². The first kappa shape index (κ1) is 25.8. The van der Waals surface area contributed by atoms with Gasteiger partial charge in [-0.05, 0) is 54.4 Å². The van der Waals surface area contributed by atoms with E-state index in [1.165, 1.54) is 42.4 Å². The van der Waals surface area contributed by atoms with Crippen LogP contribution in [0.15, 0.2) is 72.8 Å². The molecule has 0 atom stereocenters. The highest BCUT2D eigenvalue weighted by Gasteiger charge is 2.30. The lowest BCUT2D eigenvalue weighted by atomic mass is 10.1. The molecule has 8 aromatic rings. The predicted molar refractivity (Wildman–Crippen MR) is 173 cm³/mol. The fourth-order valence-corrected chi connectivity index (χ4v) is 11.5. The molecular weight excluding hydrogens is 638 g/mol. The maximum absolute atomic E-state index is 12.9. The number of thiazole rings is 2. The van der Waals surface area contributed by atoms with Crippen LogP contribution in [0.25, 0.3) is 69.1 Å². The van der Waals surface area contributed by atoms with Crippen LogP contribution in [-0.4, -0.2) is 9.97 Å². The van der Waals surface area contributed by atoms with Gasteiger partial charge in [-0.15, -0.1) is 45.3 Å². The number of hydrogen-bond acceptors (Lipinski definition) is 8. The van der Waals surface area contributed by atoms with Crippen molar-refractivity contribution in [1.82, 2.24) is 9.97 Å². The summed E-state index contributed by atoms with van der Waals surface area (Å²) in [7, 11) is 0. The Balaban J connectivity index is 1.04. The van der Waals surface area contributed by atoms with Gasteiger partial charge >= 0.3 is 6.18 Å². The van der Waals surface area contributed by atoms with Gasteiger partial charge in [0.2, 0.25) is 0 Å². The molecule has 0 N–H and O–H groups in total. The van der Waals surface area contributed by atoms with Crippen LogP contribution in [0, 0.1) is 6.92 Å². The number of fused-ring (bicyclic) bond motifs is 3. The Hall–Kier alpha value is -2.93. The zero-order valence-electron chi connectivity index (χ0n) is 20.9. The Morgan fingerprint density at radius 3 is 1.34 bits per heavy atom. The standard InChI is InChI=1S/C30H15F3N2S6/c1-14-2-4-15(5-3-14)18-10-20-22(36-18)12-24(38-20)26-34-28-29(40-26)35-27(41-28)25-13-23-21(39-25)11-19(37-23)16-6-8-17(9-7-16)30(31,32)33/h2-13H,1H3. The van der Waals surface area contributed by atoms with Crippen molar-refractivity contribution in [2.24, 2.45) is 0 Å². The second kappa shape index (κ2) is 9.55. The number of thiophene rings is 4. The summed E-state index contributed by atoms with van der Waals surface area (Å²) >= 11 is 10.1. The van der Waals surface area contributed by atoms with Crippen LogP contribution in [0.4, 0.5) is 13.2 Å². The van der Waals surface area contributed by atoms with Crippen LogP contribution >= 0.6 is 68.0 Å². The van der Waals surface area contributed by atoms with Crippen molar-refractivity contribution in [2.45, 2.75) is 13.1 Å². The quantitative estimate of drug-likeness (QED) is 0.189. The molecule has 0 aliphatic rings. The number of nitrogens with zero attached hydrogens (tertiary/aromatic N) is 2. The topological polar surface area (TPSA) is 25.8 Å². The predicted octanol–water partition coefficient (Wildman–Crippen LogP) is 12.3. The van der Waals surface area contributed by atoms with Crippen molar-refractivity contribution in [2.75, 3.05) is 0 Å². The lowest BCUT2D eigenvalue weighted by Gasteiger charge is -2.06. The summed E-state index contributed by atoms with van der Waals surface area (Å²) in [6, 6.07) is 22.7. The molecule has 11 heteroatoms. The van der Waals surface area contributed by atoms with Crippen molar-refractivity contribution in [3.05, 3.63) is 83.9 Å². The van der Waals surface area contributed by atoms with Crippen LogP contribution in [-0.2, 0) is 6.18 Å². The number of aryl methyl sites for hydroxylation is 1. The van der Waals surface area contributed by atoms with Crippen LogP contribution in [0.1, 0.15) is 11.1 Å². The van der Waals surface area contributed by atoms with E-state index < -0.39 is 11.7 Å². The summed E-state index contributed by atoms with van der Waals surface area (Å²) in [5.41, 5.74) is 2.67. The van der Waals surface area contributed by atoms with E-state index in [0.717, 1.165) is 56.5 Å². The van der Waals surface area contributed by atoms with E-state index in [-0.39, 0.29) is 0 Å². The minimum absolute atomic E-state index is 0.631. The molecule has 0 saturated carbocycles. The van der Waals surface area contributed by atoms with Crippen molar-refractivity contribution < 1.29 is 13.2 Å². The highest BCUT2D eigenvalue weighted by atomic mass is 32.1. The van der Waals surface area contributed by atoms with Gasteiger partial charge in [0.15, 0.2) is 9.66 Å². The second-order valence-electron chi connectivity index (χ2n) is 9.49. The van der Waals surface area contributed by atoms with Crippen molar-refractivity contribution in [3.63, 3.8) is 0 Å². The molecule has 0 fully saturated rings. The van der Waals surface area contributed by atoms with Crippen LogP contribution in [0.3, 0.4) is 0 Å². The van der Waals surface area contributed by atoms with Crippen LogP contribution in [0.2, 0.25) is 0 Å². The smallest absolute Gasteiger partial charge is 0.222 e. The maximum atomic E-state index is 12.9. The minimum atomic E-state index is -4.33. The summed E-state index contributed by atoms with van der Waals surface area (Å²) in [5, 5.41) is 1.95. The number of benzene rings is 2. The number of rotatable bonds is 4. The summed E-state index contributed by atoms with van der Waals surface area (Å²) in [6.07, 6.45) is -4.33. The fourth-order valence-electron chi connectivity index (χ4n) is 4.56. The second-order valence-corrected chi connectivity index (χ2v) is 15.8. The van der Waals surface area contributed by atoms with Gasteiger partial charge in [0.25, 0.3) is 0 Å². The molecule has 0 radical (unpaired) electrons. The van der Waals surface area contributed by atoms with E-state index in [1.807, 2.05) is 11.3 Å². The Bertz CT molecular complexity index is 2110. The largest absolute Gasteiger partial charge is 0.416 e. The van der Waals surface area contributed by atoms with Gasteiger partial charge in [0.05, 0.1) is 15.3 Å². The summed E-state index contributed by atoms with van der Waals surface area (Å²) in [5.74, 6) is 0.